The van der Waals surface area contributed by atoms with Crippen molar-refractivity contribution in [2.24, 2.45) is 5.41 Å². The number of aromatic carboxylic acids is 1. The van der Waals surface area contributed by atoms with Crippen LogP contribution in [0, 0.1) is 5.41 Å². The fourth-order valence-electron chi connectivity index (χ4n) is 2.60. The van der Waals surface area contributed by atoms with Gasteiger partial charge in [-0.2, -0.15) is 0 Å². The van der Waals surface area contributed by atoms with Crippen molar-refractivity contribution in [3.63, 3.8) is 0 Å². The maximum atomic E-state index is 11.8. The lowest BCUT2D eigenvalue weighted by Crippen LogP contribution is -2.40. The molecule has 0 aromatic carbocycles. The first-order valence-corrected chi connectivity index (χ1v) is 7.18. The topological polar surface area (TPSA) is 91.3 Å². The molecule has 0 aliphatic heterocycles. The Hall–Kier alpha value is -2.11. The fourth-order valence-corrected chi connectivity index (χ4v) is 2.60. The van der Waals surface area contributed by atoms with E-state index in [2.05, 4.69) is 22.5 Å². The first kappa shape index (κ1) is 15.3. The van der Waals surface area contributed by atoms with E-state index < -0.39 is 5.97 Å². The van der Waals surface area contributed by atoms with Crippen molar-refractivity contribution in [1.82, 2.24) is 15.6 Å². The normalized spacial score (nSPS) is 16.4. The summed E-state index contributed by atoms with van der Waals surface area (Å²) >= 11 is 0. The molecule has 3 N–H and O–H groups in total. The summed E-state index contributed by atoms with van der Waals surface area (Å²) in [6, 6.07) is 2.87. The molecule has 0 saturated heterocycles. The number of carboxylic acids is 1. The van der Waals surface area contributed by atoms with E-state index in [0.29, 0.717) is 13.1 Å². The van der Waals surface area contributed by atoms with Crippen LogP contribution >= 0.6 is 0 Å². The third-order valence-electron chi connectivity index (χ3n) is 3.98. The molecule has 0 bridgehead atoms. The first-order valence-electron chi connectivity index (χ1n) is 7.18. The molecule has 6 heteroatoms. The van der Waals surface area contributed by atoms with Crippen LogP contribution in [0.15, 0.2) is 18.3 Å². The first-order chi connectivity index (χ1) is 9.98. The largest absolute Gasteiger partial charge is 0.477 e. The molecule has 114 valence electrons. The van der Waals surface area contributed by atoms with Crippen molar-refractivity contribution in [3.8, 4) is 0 Å². The molecule has 1 aliphatic rings. The molecular weight excluding hydrogens is 270 g/mol. The number of hydrogen-bond donors (Lipinski definition) is 3. The highest BCUT2D eigenvalue weighted by molar-refractivity contribution is 5.85. The van der Waals surface area contributed by atoms with Gasteiger partial charge >= 0.3 is 12.0 Å². The maximum absolute atomic E-state index is 11.8. The highest BCUT2D eigenvalue weighted by Crippen LogP contribution is 2.36. The van der Waals surface area contributed by atoms with Gasteiger partial charge in [-0.15, -0.1) is 0 Å². The van der Waals surface area contributed by atoms with E-state index in [1.54, 1.807) is 6.07 Å². The molecule has 1 aromatic rings. The van der Waals surface area contributed by atoms with Crippen molar-refractivity contribution in [2.45, 2.75) is 39.2 Å². The van der Waals surface area contributed by atoms with Crippen LogP contribution in [0.4, 0.5) is 4.79 Å². The van der Waals surface area contributed by atoms with E-state index in [-0.39, 0.29) is 17.1 Å². The number of urea groups is 1. The Morgan fingerprint density at radius 2 is 2.00 bits per heavy atom. The lowest BCUT2D eigenvalue weighted by molar-refractivity contribution is 0.0690. The summed E-state index contributed by atoms with van der Waals surface area (Å²) in [7, 11) is 0. The highest BCUT2D eigenvalue weighted by atomic mass is 16.4. The average Bonchev–Trinajstić information content (AvgIpc) is 2.91. The van der Waals surface area contributed by atoms with E-state index >= 15 is 0 Å². The molecule has 1 saturated carbocycles. The molecule has 1 aliphatic carbocycles. The second-order valence-electron chi connectivity index (χ2n) is 5.91. The fraction of sp³-hybridized carbons (Fsp3) is 0.533. The number of carboxylic acid groups (broad SMARTS) is 1. The molecule has 0 unspecified atom stereocenters. The number of pyridine rings is 1. The standard InChI is InChI=1S/C15H21N3O3/c1-15(6-2-3-7-15)10-18-14(21)17-9-11-4-5-12(13(19)20)16-8-11/h4-5,8H,2-3,6-7,9-10H2,1H3,(H,19,20)(H2,17,18,21). The van der Waals surface area contributed by atoms with E-state index in [1.807, 2.05) is 0 Å². The van der Waals surface area contributed by atoms with Gasteiger partial charge in [0.05, 0.1) is 0 Å². The molecule has 2 rings (SSSR count). The van der Waals surface area contributed by atoms with Gasteiger partial charge in [0.15, 0.2) is 0 Å². The van der Waals surface area contributed by atoms with E-state index in [9.17, 15) is 9.59 Å². The van der Waals surface area contributed by atoms with E-state index in [0.717, 1.165) is 18.4 Å². The maximum Gasteiger partial charge on any atom is 0.354 e. The highest BCUT2D eigenvalue weighted by Gasteiger charge is 2.28. The number of amides is 2. The summed E-state index contributed by atoms with van der Waals surface area (Å²) in [4.78, 5) is 26.2. The third-order valence-corrected chi connectivity index (χ3v) is 3.98. The molecule has 1 fully saturated rings. The Kier molecular flexibility index (Phi) is 4.77. The summed E-state index contributed by atoms with van der Waals surface area (Å²) in [6.45, 7) is 3.22. The number of carbonyl (C=O) groups excluding carboxylic acids is 1. The summed E-state index contributed by atoms with van der Waals surface area (Å²) < 4.78 is 0. The van der Waals surface area contributed by atoms with Crippen LogP contribution < -0.4 is 10.6 Å². The Morgan fingerprint density at radius 3 is 2.57 bits per heavy atom. The van der Waals surface area contributed by atoms with Gasteiger partial charge in [0, 0.05) is 19.3 Å². The Labute approximate surface area is 124 Å². The van der Waals surface area contributed by atoms with Crippen molar-refractivity contribution < 1.29 is 14.7 Å². The second kappa shape index (κ2) is 6.56. The number of hydrogen-bond acceptors (Lipinski definition) is 3. The predicted molar refractivity (Wildman–Crippen MR) is 78.0 cm³/mol. The van der Waals surface area contributed by atoms with Crippen molar-refractivity contribution in [1.29, 1.82) is 0 Å². The number of carbonyl (C=O) groups is 2. The summed E-state index contributed by atoms with van der Waals surface area (Å²) in [5.74, 6) is -1.06. The molecular formula is C15H21N3O3. The smallest absolute Gasteiger partial charge is 0.354 e. The van der Waals surface area contributed by atoms with Crippen molar-refractivity contribution in [3.05, 3.63) is 29.6 Å². The monoisotopic (exact) mass is 291 g/mol. The molecule has 1 aromatic heterocycles. The Bertz CT molecular complexity index is 507. The zero-order valence-corrected chi connectivity index (χ0v) is 12.2. The van der Waals surface area contributed by atoms with Crippen LogP contribution in [-0.4, -0.2) is 28.6 Å². The minimum atomic E-state index is -1.06. The molecule has 0 atom stereocenters. The second-order valence-corrected chi connectivity index (χ2v) is 5.91. The Balaban J connectivity index is 1.74. The third kappa shape index (κ3) is 4.44. The van der Waals surface area contributed by atoms with Gasteiger partial charge in [0.25, 0.3) is 0 Å². The number of nitrogens with one attached hydrogen (secondary N) is 2. The Morgan fingerprint density at radius 1 is 1.29 bits per heavy atom. The minimum absolute atomic E-state index is 0.00244. The number of nitrogens with zero attached hydrogens (tertiary/aromatic N) is 1. The molecule has 2 amide bonds. The van der Waals surface area contributed by atoms with Crippen molar-refractivity contribution >= 4 is 12.0 Å². The van der Waals surface area contributed by atoms with Gasteiger partial charge in [-0.1, -0.05) is 25.8 Å². The van der Waals surface area contributed by atoms with Crippen LogP contribution in [0.25, 0.3) is 0 Å². The molecule has 21 heavy (non-hydrogen) atoms. The SMILES string of the molecule is CC1(CNC(=O)NCc2ccc(C(=O)O)nc2)CCCC1. The summed E-state index contributed by atoms with van der Waals surface area (Å²) in [5, 5.41) is 14.4. The minimum Gasteiger partial charge on any atom is -0.477 e. The average molecular weight is 291 g/mol. The zero-order chi connectivity index (χ0) is 15.3. The van der Waals surface area contributed by atoms with Crippen LogP contribution in [0.1, 0.15) is 48.7 Å². The van der Waals surface area contributed by atoms with Gasteiger partial charge in [-0.3, -0.25) is 0 Å². The lowest BCUT2D eigenvalue weighted by atomic mass is 9.89. The lowest BCUT2D eigenvalue weighted by Gasteiger charge is -2.23. The van der Waals surface area contributed by atoms with Gasteiger partial charge in [-0.25, -0.2) is 14.6 Å². The number of rotatable bonds is 5. The van der Waals surface area contributed by atoms with Crippen molar-refractivity contribution in [2.75, 3.05) is 6.54 Å². The van der Waals surface area contributed by atoms with Crippen LogP contribution in [-0.2, 0) is 6.54 Å². The molecule has 1 heterocycles. The molecule has 0 radical (unpaired) electrons. The predicted octanol–water partition coefficient (Wildman–Crippen LogP) is 2.16. The van der Waals surface area contributed by atoms with E-state index in [1.165, 1.54) is 25.1 Å². The zero-order valence-electron chi connectivity index (χ0n) is 12.2. The molecule has 6 nitrogen and oxygen atoms in total. The van der Waals surface area contributed by atoms with E-state index in [4.69, 9.17) is 5.11 Å². The van der Waals surface area contributed by atoms with Gasteiger partial charge in [0.1, 0.15) is 5.69 Å². The van der Waals surface area contributed by atoms with Gasteiger partial charge in [0.2, 0.25) is 0 Å². The summed E-state index contributed by atoms with van der Waals surface area (Å²) in [6.07, 6.45) is 6.26. The quantitative estimate of drug-likeness (QED) is 0.775. The van der Waals surface area contributed by atoms with Crippen LogP contribution in [0.3, 0.4) is 0 Å². The van der Waals surface area contributed by atoms with Crippen LogP contribution in [0.5, 0.6) is 0 Å². The molecule has 0 spiro atoms. The summed E-state index contributed by atoms with van der Waals surface area (Å²) in [5.41, 5.74) is 0.988. The number of aromatic nitrogens is 1. The van der Waals surface area contributed by atoms with Gasteiger partial charge in [-0.05, 0) is 29.9 Å². The van der Waals surface area contributed by atoms with Gasteiger partial charge < -0.3 is 15.7 Å². The van der Waals surface area contributed by atoms with Crippen LogP contribution in [0.2, 0.25) is 0 Å².